The molecule has 1 atom stereocenters. The van der Waals surface area contributed by atoms with Crippen LogP contribution in [0.1, 0.15) is 22.0 Å². The summed E-state index contributed by atoms with van der Waals surface area (Å²) < 4.78 is 15.9. The number of thiophene rings is 1. The van der Waals surface area contributed by atoms with Crippen LogP contribution in [0.25, 0.3) is 0 Å². The van der Waals surface area contributed by atoms with Gasteiger partial charge in [-0.05, 0) is 41.1 Å². The molecule has 0 bridgehead atoms. The van der Waals surface area contributed by atoms with Gasteiger partial charge in [0.05, 0.1) is 27.4 Å². The summed E-state index contributed by atoms with van der Waals surface area (Å²) in [6.45, 7) is 0.636. The molecular weight excluding hydrogens is 400 g/mol. The molecule has 0 fully saturated rings. The molecule has 30 heavy (non-hydrogen) atoms. The predicted molar refractivity (Wildman–Crippen MR) is 118 cm³/mol. The quantitative estimate of drug-likeness (QED) is 0.629. The number of carbonyl (C=O) groups excluding carboxylic acids is 1. The van der Waals surface area contributed by atoms with Crippen molar-refractivity contribution in [3.8, 4) is 17.2 Å². The zero-order valence-corrected chi connectivity index (χ0v) is 18.0. The molecule has 0 aliphatic carbocycles. The van der Waals surface area contributed by atoms with Gasteiger partial charge in [-0.2, -0.15) is 0 Å². The summed E-state index contributed by atoms with van der Waals surface area (Å²) in [6, 6.07) is 15.0. The van der Waals surface area contributed by atoms with Gasteiger partial charge in [0.1, 0.15) is 17.2 Å². The molecule has 0 saturated carbocycles. The summed E-state index contributed by atoms with van der Waals surface area (Å²) in [4.78, 5) is 16.5. The van der Waals surface area contributed by atoms with Crippen LogP contribution in [0, 0.1) is 0 Å². The number of nitrogens with one attached hydrogen (secondary N) is 1. The number of methoxy groups -OCH3 is 3. The SMILES string of the molecule is COc1ccc(C2c3ccsc3CCN2C(=O)Nc2cc(OC)cc(OC)c2)cc1. The Morgan fingerprint density at radius 2 is 1.63 bits per heavy atom. The van der Waals surface area contributed by atoms with Gasteiger partial charge in [0, 0.05) is 35.3 Å². The highest BCUT2D eigenvalue weighted by atomic mass is 32.1. The van der Waals surface area contributed by atoms with Crippen LogP contribution in [-0.2, 0) is 6.42 Å². The molecule has 1 aliphatic rings. The molecule has 2 aromatic carbocycles. The number of anilines is 1. The van der Waals surface area contributed by atoms with Crippen LogP contribution < -0.4 is 19.5 Å². The third kappa shape index (κ3) is 3.93. The van der Waals surface area contributed by atoms with Crippen molar-refractivity contribution in [1.82, 2.24) is 4.90 Å². The Labute approximate surface area is 180 Å². The molecule has 3 aromatic rings. The Bertz CT molecular complexity index is 1010. The third-order valence-electron chi connectivity index (χ3n) is 5.26. The molecule has 0 radical (unpaired) electrons. The van der Waals surface area contributed by atoms with Crippen molar-refractivity contribution < 1.29 is 19.0 Å². The minimum Gasteiger partial charge on any atom is -0.497 e. The van der Waals surface area contributed by atoms with E-state index in [2.05, 4.69) is 16.8 Å². The summed E-state index contributed by atoms with van der Waals surface area (Å²) >= 11 is 1.74. The monoisotopic (exact) mass is 424 g/mol. The first-order chi connectivity index (χ1) is 14.6. The van der Waals surface area contributed by atoms with E-state index in [-0.39, 0.29) is 12.1 Å². The van der Waals surface area contributed by atoms with E-state index in [9.17, 15) is 4.79 Å². The minimum atomic E-state index is -0.164. The Balaban J connectivity index is 1.65. The van der Waals surface area contributed by atoms with Crippen LogP contribution in [0.5, 0.6) is 17.2 Å². The van der Waals surface area contributed by atoms with Gasteiger partial charge in [-0.15, -0.1) is 11.3 Å². The van der Waals surface area contributed by atoms with Crippen molar-refractivity contribution in [3.05, 3.63) is 69.9 Å². The van der Waals surface area contributed by atoms with Crippen molar-refractivity contribution in [2.75, 3.05) is 33.2 Å². The van der Waals surface area contributed by atoms with E-state index < -0.39 is 0 Å². The molecule has 156 valence electrons. The fourth-order valence-corrected chi connectivity index (χ4v) is 4.66. The summed E-state index contributed by atoms with van der Waals surface area (Å²) in [7, 11) is 4.82. The number of hydrogen-bond acceptors (Lipinski definition) is 5. The first-order valence-corrected chi connectivity index (χ1v) is 10.5. The molecule has 2 amide bonds. The maximum absolute atomic E-state index is 13.3. The highest BCUT2D eigenvalue weighted by Crippen LogP contribution is 2.38. The van der Waals surface area contributed by atoms with Gasteiger partial charge in [-0.3, -0.25) is 0 Å². The number of ether oxygens (including phenoxy) is 3. The molecule has 0 spiro atoms. The number of benzene rings is 2. The second kappa shape index (κ2) is 8.67. The maximum atomic E-state index is 13.3. The highest BCUT2D eigenvalue weighted by Gasteiger charge is 2.33. The zero-order chi connectivity index (χ0) is 21.1. The van der Waals surface area contributed by atoms with Crippen molar-refractivity contribution in [2.45, 2.75) is 12.5 Å². The third-order valence-corrected chi connectivity index (χ3v) is 6.26. The van der Waals surface area contributed by atoms with Gasteiger partial charge >= 0.3 is 6.03 Å². The van der Waals surface area contributed by atoms with Crippen LogP contribution in [0.4, 0.5) is 10.5 Å². The number of urea groups is 1. The Morgan fingerprint density at radius 1 is 0.967 bits per heavy atom. The van der Waals surface area contributed by atoms with Crippen molar-refractivity contribution in [1.29, 1.82) is 0 Å². The predicted octanol–water partition coefficient (Wildman–Crippen LogP) is 4.95. The first-order valence-electron chi connectivity index (χ1n) is 9.64. The van der Waals surface area contributed by atoms with Gasteiger partial charge < -0.3 is 24.4 Å². The highest BCUT2D eigenvalue weighted by molar-refractivity contribution is 7.10. The lowest BCUT2D eigenvalue weighted by molar-refractivity contribution is 0.194. The van der Waals surface area contributed by atoms with E-state index in [1.54, 1.807) is 50.9 Å². The Hall–Kier alpha value is -3.19. The maximum Gasteiger partial charge on any atom is 0.322 e. The van der Waals surface area contributed by atoms with Gasteiger partial charge in [0.25, 0.3) is 0 Å². The van der Waals surface area contributed by atoms with Gasteiger partial charge in [0.2, 0.25) is 0 Å². The lowest BCUT2D eigenvalue weighted by Crippen LogP contribution is -2.42. The second-order valence-corrected chi connectivity index (χ2v) is 7.95. The van der Waals surface area contributed by atoms with Crippen molar-refractivity contribution in [2.24, 2.45) is 0 Å². The van der Waals surface area contributed by atoms with E-state index >= 15 is 0 Å². The van der Waals surface area contributed by atoms with E-state index in [1.165, 1.54) is 10.4 Å². The topological polar surface area (TPSA) is 60.0 Å². The average Bonchev–Trinajstić information content (AvgIpc) is 3.27. The molecule has 4 rings (SSSR count). The zero-order valence-electron chi connectivity index (χ0n) is 17.2. The molecule has 2 heterocycles. The smallest absolute Gasteiger partial charge is 0.322 e. The molecule has 1 aliphatic heterocycles. The van der Waals surface area contributed by atoms with E-state index in [1.807, 2.05) is 29.2 Å². The van der Waals surface area contributed by atoms with Crippen LogP contribution in [-0.4, -0.2) is 38.8 Å². The van der Waals surface area contributed by atoms with Gasteiger partial charge in [0.15, 0.2) is 0 Å². The summed E-state index contributed by atoms with van der Waals surface area (Å²) in [5, 5.41) is 5.10. The van der Waals surface area contributed by atoms with E-state index in [4.69, 9.17) is 14.2 Å². The van der Waals surface area contributed by atoms with Crippen molar-refractivity contribution in [3.63, 3.8) is 0 Å². The van der Waals surface area contributed by atoms with Gasteiger partial charge in [-0.25, -0.2) is 4.79 Å². The number of carbonyl (C=O) groups is 1. The Morgan fingerprint density at radius 3 is 2.27 bits per heavy atom. The number of rotatable bonds is 5. The summed E-state index contributed by atoms with van der Waals surface area (Å²) in [5.74, 6) is 2.03. The standard InChI is InChI=1S/C23H24N2O4S/c1-27-17-6-4-15(5-7-17)22-20-9-11-30-21(20)8-10-25(22)23(26)24-16-12-18(28-2)14-19(13-16)29-3/h4-7,9,11-14,22H,8,10H2,1-3H3,(H,24,26). The van der Waals surface area contributed by atoms with Gasteiger partial charge in [-0.1, -0.05) is 12.1 Å². The molecular formula is C23H24N2O4S. The van der Waals surface area contributed by atoms with Crippen LogP contribution >= 0.6 is 11.3 Å². The molecule has 1 N–H and O–H groups in total. The number of nitrogens with zero attached hydrogens (tertiary/aromatic N) is 1. The average molecular weight is 425 g/mol. The van der Waals surface area contributed by atoms with Crippen LogP contribution in [0.2, 0.25) is 0 Å². The lowest BCUT2D eigenvalue weighted by atomic mass is 9.93. The first kappa shape index (κ1) is 20.1. The molecule has 1 aromatic heterocycles. The molecule has 6 nitrogen and oxygen atoms in total. The Kier molecular flexibility index (Phi) is 5.81. The number of fused-ring (bicyclic) bond motifs is 1. The molecule has 7 heteroatoms. The van der Waals surface area contributed by atoms with E-state index in [0.717, 1.165) is 17.7 Å². The van der Waals surface area contributed by atoms with E-state index in [0.29, 0.717) is 23.7 Å². The minimum absolute atomic E-state index is 0.154. The number of hydrogen-bond donors (Lipinski definition) is 1. The molecule has 0 saturated heterocycles. The second-order valence-electron chi connectivity index (χ2n) is 6.95. The van der Waals surface area contributed by atoms with Crippen molar-refractivity contribution >= 4 is 23.1 Å². The fourth-order valence-electron chi connectivity index (χ4n) is 3.76. The normalized spacial score (nSPS) is 15.3. The fraction of sp³-hybridized carbons (Fsp3) is 0.261. The largest absolute Gasteiger partial charge is 0.497 e. The lowest BCUT2D eigenvalue weighted by Gasteiger charge is -2.36. The van der Waals surface area contributed by atoms with Crippen LogP contribution in [0.3, 0.4) is 0 Å². The summed E-state index contributed by atoms with van der Waals surface area (Å²) in [6.07, 6.45) is 0.842. The van der Waals surface area contributed by atoms with Crippen LogP contribution in [0.15, 0.2) is 53.9 Å². The summed E-state index contributed by atoms with van der Waals surface area (Å²) in [5.41, 5.74) is 2.85. The number of amides is 2. The molecule has 1 unspecified atom stereocenters.